The van der Waals surface area contributed by atoms with Crippen LogP contribution in [0.25, 0.3) is 0 Å². The number of nitrogens with zero attached hydrogens (tertiary/aromatic N) is 6. The fourth-order valence-corrected chi connectivity index (χ4v) is 3.80. The molecular formula is C19H16N6O8. The zero-order valence-corrected chi connectivity index (χ0v) is 16.8. The molecule has 14 nitrogen and oxygen atoms in total. The smallest absolute Gasteiger partial charge is 0.420 e. The van der Waals surface area contributed by atoms with Gasteiger partial charge < -0.3 is 18.9 Å². The minimum absolute atomic E-state index is 0.0900. The summed E-state index contributed by atoms with van der Waals surface area (Å²) in [7, 11) is 0. The molecule has 0 radical (unpaired) electrons. The zero-order chi connectivity index (χ0) is 23.0. The Bertz CT molecular complexity index is 1180. The van der Waals surface area contributed by atoms with Crippen molar-refractivity contribution in [3.05, 3.63) is 56.2 Å². The lowest BCUT2D eigenvalue weighted by atomic mass is 9.82. The Morgan fingerprint density at radius 1 is 0.848 bits per heavy atom. The number of hydrogen-bond donors (Lipinski definition) is 0. The first-order valence-corrected chi connectivity index (χ1v) is 9.75. The lowest BCUT2D eigenvalue weighted by Gasteiger charge is -2.37. The number of aromatic nitrogens is 6. The van der Waals surface area contributed by atoms with E-state index in [2.05, 4.69) is 15.0 Å². The van der Waals surface area contributed by atoms with E-state index in [-0.39, 0.29) is 12.8 Å². The maximum Gasteiger partial charge on any atom is 0.420 e. The van der Waals surface area contributed by atoms with Gasteiger partial charge in [-0.2, -0.15) is 0 Å². The summed E-state index contributed by atoms with van der Waals surface area (Å²) in [5, 5.41) is 0. The van der Waals surface area contributed by atoms with Crippen molar-refractivity contribution in [3.63, 3.8) is 0 Å². The molecule has 0 spiro atoms. The molecule has 3 aromatic heterocycles. The van der Waals surface area contributed by atoms with E-state index in [1.54, 1.807) is 0 Å². The second kappa shape index (κ2) is 7.89. The van der Waals surface area contributed by atoms with Gasteiger partial charge in [0, 0.05) is 50.0 Å². The molecular weight excluding hydrogens is 440 g/mol. The van der Waals surface area contributed by atoms with Gasteiger partial charge in [0.15, 0.2) is 6.10 Å². The SMILES string of the molecule is O=C(OC1CC2(OC(=O)n3ccnc3)CC(OC2=O)C1OC(=O)n1ccnc1)n1ccnc1. The summed E-state index contributed by atoms with van der Waals surface area (Å²) in [5.41, 5.74) is -1.73. The Hall–Kier alpha value is -4.49. The maximum atomic E-state index is 12.8. The number of imidazole rings is 3. The number of ether oxygens (including phenoxy) is 4. The van der Waals surface area contributed by atoms with E-state index in [0.717, 1.165) is 13.7 Å². The standard InChI is InChI=1S/C19H16N6O8/c26-15-19(33-18(29)25-6-3-22-11-25)7-12(30-15)14(32-17(28)24-5-2-21-10-24)13(8-19)31-16(27)23-4-1-20-9-23/h1-6,9-14H,7-8H2. The van der Waals surface area contributed by atoms with Gasteiger partial charge in [-0.1, -0.05) is 0 Å². The molecule has 1 saturated heterocycles. The van der Waals surface area contributed by atoms with Crippen LogP contribution in [0.4, 0.5) is 14.4 Å². The minimum atomic E-state index is -1.73. The van der Waals surface area contributed by atoms with Crippen LogP contribution in [0, 0.1) is 0 Å². The average molecular weight is 456 g/mol. The molecule has 4 unspecified atom stereocenters. The molecule has 2 bridgehead atoms. The minimum Gasteiger partial charge on any atom is -0.455 e. The molecule has 3 aromatic rings. The largest absolute Gasteiger partial charge is 0.455 e. The van der Waals surface area contributed by atoms with Crippen LogP contribution in [-0.4, -0.2) is 76.8 Å². The normalized spacial score (nSPS) is 25.8. The quantitative estimate of drug-likeness (QED) is 0.406. The van der Waals surface area contributed by atoms with E-state index in [0.29, 0.717) is 0 Å². The predicted octanol–water partition coefficient (Wildman–Crippen LogP) is 0.826. The molecule has 1 aliphatic heterocycles. The summed E-state index contributed by atoms with van der Waals surface area (Å²) in [6.07, 6.45) is 5.67. The Morgan fingerprint density at radius 2 is 1.39 bits per heavy atom. The number of fused-ring (bicyclic) bond motifs is 2. The second-order valence-corrected chi connectivity index (χ2v) is 7.39. The van der Waals surface area contributed by atoms with E-state index < -0.39 is 48.2 Å². The summed E-state index contributed by atoms with van der Waals surface area (Å²) in [6, 6.07) is 0. The van der Waals surface area contributed by atoms with Crippen LogP contribution < -0.4 is 0 Å². The van der Waals surface area contributed by atoms with E-state index >= 15 is 0 Å². The van der Waals surface area contributed by atoms with Crippen molar-refractivity contribution in [2.45, 2.75) is 36.8 Å². The van der Waals surface area contributed by atoms with Crippen LogP contribution in [-0.2, 0) is 23.7 Å². The number of rotatable bonds is 3. The van der Waals surface area contributed by atoms with Gasteiger partial charge in [0.25, 0.3) is 0 Å². The number of carbonyl (C=O) groups is 4. The number of carbonyl (C=O) groups excluding carboxylic acids is 4. The summed E-state index contributed by atoms with van der Waals surface area (Å²) in [5.74, 6) is -0.828. The third-order valence-electron chi connectivity index (χ3n) is 5.34. The topological polar surface area (TPSA) is 159 Å². The Morgan fingerprint density at radius 3 is 1.94 bits per heavy atom. The lowest BCUT2D eigenvalue weighted by Crippen LogP contribution is -2.54. The molecule has 14 heteroatoms. The molecule has 1 aliphatic carbocycles. The summed E-state index contributed by atoms with van der Waals surface area (Å²) >= 11 is 0. The molecule has 0 N–H and O–H groups in total. The van der Waals surface area contributed by atoms with Crippen LogP contribution in [0.2, 0.25) is 0 Å². The predicted molar refractivity (Wildman–Crippen MR) is 102 cm³/mol. The van der Waals surface area contributed by atoms with Crippen molar-refractivity contribution < 1.29 is 38.1 Å². The Kier molecular flexibility index (Phi) is 4.88. The molecule has 1 saturated carbocycles. The highest BCUT2D eigenvalue weighted by atomic mass is 16.7. The van der Waals surface area contributed by atoms with E-state index in [9.17, 15) is 19.2 Å². The average Bonchev–Trinajstić information content (AvgIpc) is 3.60. The van der Waals surface area contributed by atoms with Gasteiger partial charge in [-0.15, -0.1) is 0 Å². The molecule has 2 aliphatic rings. The fourth-order valence-electron chi connectivity index (χ4n) is 3.80. The molecule has 4 heterocycles. The van der Waals surface area contributed by atoms with Gasteiger partial charge in [0.05, 0.1) is 0 Å². The van der Waals surface area contributed by atoms with Gasteiger partial charge >= 0.3 is 24.2 Å². The lowest BCUT2D eigenvalue weighted by molar-refractivity contribution is -0.154. The summed E-state index contributed by atoms with van der Waals surface area (Å²) < 4.78 is 25.1. The van der Waals surface area contributed by atoms with Gasteiger partial charge in [0.1, 0.15) is 31.2 Å². The van der Waals surface area contributed by atoms with Crippen LogP contribution in [0.5, 0.6) is 0 Å². The van der Waals surface area contributed by atoms with Crippen LogP contribution in [0.3, 0.4) is 0 Å². The van der Waals surface area contributed by atoms with Crippen LogP contribution in [0.15, 0.2) is 56.2 Å². The van der Waals surface area contributed by atoms with Gasteiger partial charge in [-0.25, -0.2) is 47.8 Å². The molecule has 0 amide bonds. The Balaban J connectivity index is 1.42. The molecule has 5 rings (SSSR count). The fraction of sp³-hybridized carbons (Fsp3) is 0.316. The van der Waals surface area contributed by atoms with Crippen molar-refractivity contribution >= 4 is 24.2 Å². The molecule has 0 aromatic carbocycles. The van der Waals surface area contributed by atoms with E-state index in [4.69, 9.17) is 18.9 Å². The monoisotopic (exact) mass is 456 g/mol. The summed E-state index contributed by atoms with van der Waals surface area (Å²) in [4.78, 5) is 61.7. The third kappa shape index (κ3) is 3.71. The van der Waals surface area contributed by atoms with E-state index in [1.165, 1.54) is 56.2 Å². The third-order valence-corrected chi connectivity index (χ3v) is 5.34. The van der Waals surface area contributed by atoms with Crippen molar-refractivity contribution in [3.8, 4) is 0 Å². The number of esters is 1. The van der Waals surface area contributed by atoms with Crippen molar-refractivity contribution in [2.24, 2.45) is 0 Å². The van der Waals surface area contributed by atoms with Gasteiger partial charge in [-0.3, -0.25) is 0 Å². The first-order chi connectivity index (χ1) is 15.9. The molecule has 4 atom stereocenters. The highest BCUT2D eigenvalue weighted by Crippen LogP contribution is 2.43. The van der Waals surface area contributed by atoms with Crippen LogP contribution in [0.1, 0.15) is 12.8 Å². The Labute approximate surface area is 184 Å². The van der Waals surface area contributed by atoms with Gasteiger partial charge in [0.2, 0.25) is 5.60 Å². The molecule has 170 valence electrons. The molecule has 33 heavy (non-hydrogen) atoms. The summed E-state index contributed by atoms with van der Waals surface area (Å²) in [6.45, 7) is 0. The first kappa shape index (κ1) is 20.4. The highest BCUT2D eigenvalue weighted by molar-refractivity contribution is 5.86. The first-order valence-electron chi connectivity index (χ1n) is 9.75. The van der Waals surface area contributed by atoms with Crippen molar-refractivity contribution in [1.29, 1.82) is 0 Å². The zero-order valence-electron chi connectivity index (χ0n) is 16.8. The van der Waals surface area contributed by atoms with E-state index in [1.807, 2.05) is 0 Å². The molecule has 2 fully saturated rings. The van der Waals surface area contributed by atoms with Crippen LogP contribution >= 0.6 is 0 Å². The second-order valence-electron chi connectivity index (χ2n) is 7.39. The number of hydrogen-bond acceptors (Lipinski definition) is 11. The van der Waals surface area contributed by atoms with Crippen molar-refractivity contribution in [1.82, 2.24) is 28.7 Å². The highest BCUT2D eigenvalue weighted by Gasteiger charge is 2.63. The van der Waals surface area contributed by atoms with Gasteiger partial charge in [-0.05, 0) is 0 Å². The maximum absolute atomic E-state index is 12.8. The van der Waals surface area contributed by atoms with Crippen molar-refractivity contribution in [2.75, 3.05) is 0 Å².